The molecule has 18 heavy (non-hydrogen) atoms. The van der Waals surface area contributed by atoms with Crippen LogP contribution < -0.4 is 5.32 Å². The van der Waals surface area contributed by atoms with Gasteiger partial charge in [-0.15, -0.1) is 0 Å². The molecule has 0 aromatic heterocycles. The summed E-state index contributed by atoms with van der Waals surface area (Å²) in [4.78, 5) is 21.1. The summed E-state index contributed by atoms with van der Waals surface area (Å²) in [6.07, 6.45) is 0.0568. The molecule has 1 N–H and O–H groups in total. The number of nitrogens with zero attached hydrogens (tertiary/aromatic N) is 2. The Kier molecular flexibility index (Phi) is 4.42. The summed E-state index contributed by atoms with van der Waals surface area (Å²) < 4.78 is 0. The number of anilines is 1. The first-order valence-corrected chi connectivity index (χ1v) is 4.96. The van der Waals surface area contributed by atoms with Gasteiger partial charge in [0.25, 0.3) is 5.69 Å². The number of hydrogen-bond acceptors (Lipinski definition) is 4. The zero-order chi connectivity index (χ0) is 13.5. The Morgan fingerprint density at radius 2 is 2.28 bits per heavy atom. The fraction of sp³-hybridized carbons (Fsp3) is 0.167. The molecule has 0 saturated heterocycles. The number of nitro groups is 1. The van der Waals surface area contributed by atoms with E-state index in [1.807, 2.05) is 6.07 Å². The number of rotatable bonds is 2. The molecule has 90 valence electrons. The molecule has 0 heterocycles. The van der Waals surface area contributed by atoms with Gasteiger partial charge in [0.2, 0.25) is 5.91 Å². The summed E-state index contributed by atoms with van der Waals surface area (Å²) in [6, 6.07) is 6.06. The number of carbonyl (C=O) groups is 1. The summed E-state index contributed by atoms with van der Waals surface area (Å²) in [5, 5.41) is 21.5. The van der Waals surface area contributed by atoms with Crippen molar-refractivity contribution >= 4 is 17.3 Å². The molecular weight excluding hydrogens is 234 g/mol. The van der Waals surface area contributed by atoms with Gasteiger partial charge >= 0.3 is 0 Å². The molecule has 0 radical (unpaired) electrons. The maximum Gasteiger partial charge on any atom is 0.293 e. The average Bonchev–Trinajstić information content (AvgIpc) is 2.30. The molecule has 0 fully saturated rings. The molecule has 6 nitrogen and oxygen atoms in total. The van der Waals surface area contributed by atoms with E-state index in [1.165, 1.54) is 19.1 Å². The molecule has 0 aliphatic heterocycles. The van der Waals surface area contributed by atoms with Crippen LogP contribution in [0.25, 0.3) is 0 Å². The Hall–Kier alpha value is -2.86. The van der Waals surface area contributed by atoms with Crippen molar-refractivity contribution in [1.82, 2.24) is 0 Å². The second kappa shape index (κ2) is 6.02. The number of nitrogens with one attached hydrogen (secondary N) is 1. The molecule has 0 unspecified atom stereocenters. The second-order valence-electron chi connectivity index (χ2n) is 3.31. The van der Waals surface area contributed by atoms with E-state index in [-0.39, 0.29) is 23.7 Å². The molecule has 0 aliphatic carbocycles. The van der Waals surface area contributed by atoms with E-state index < -0.39 is 4.92 Å². The Morgan fingerprint density at radius 3 is 2.83 bits per heavy atom. The third kappa shape index (κ3) is 3.62. The van der Waals surface area contributed by atoms with Crippen molar-refractivity contribution in [3.8, 4) is 17.9 Å². The molecule has 1 aromatic rings. The molecule has 0 aliphatic rings. The highest BCUT2D eigenvalue weighted by molar-refractivity contribution is 5.91. The third-order valence-electron chi connectivity index (χ3n) is 1.91. The fourth-order valence-corrected chi connectivity index (χ4v) is 1.24. The average molecular weight is 243 g/mol. The first-order chi connectivity index (χ1) is 8.54. The van der Waals surface area contributed by atoms with Crippen molar-refractivity contribution in [2.75, 3.05) is 5.32 Å². The van der Waals surface area contributed by atoms with Gasteiger partial charge in [0, 0.05) is 18.6 Å². The van der Waals surface area contributed by atoms with Gasteiger partial charge in [-0.2, -0.15) is 5.26 Å². The summed E-state index contributed by atoms with van der Waals surface area (Å²) in [5.74, 6) is 4.80. The second-order valence-corrected chi connectivity index (χ2v) is 3.31. The van der Waals surface area contributed by atoms with Crippen LogP contribution in [0.4, 0.5) is 11.4 Å². The first kappa shape index (κ1) is 13.2. The van der Waals surface area contributed by atoms with Crippen LogP contribution >= 0.6 is 0 Å². The third-order valence-corrected chi connectivity index (χ3v) is 1.91. The van der Waals surface area contributed by atoms with Gasteiger partial charge in [0.1, 0.15) is 5.69 Å². The topological polar surface area (TPSA) is 96.0 Å². The van der Waals surface area contributed by atoms with Crippen LogP contribution in [0.2, 0.25) is 0 Å². The van der Waals surface area contributed by atoms with Crippen LogP contribution in [0.15, 0.2) is 18.2 Å². The fourth-order valence-electron chi connectivity index (χ4n) is 1.24. The molecule has 0 atom stereocenters. The Morgan fingerprint density at radius 1 is 1.56 bits per heavy atom. The minimum atomic E-state index is -0.596. The Labute approximate surface area is 103 Å². The smallest absolute Gasteiger partial charge is 0.293 e. The van der Waals surface area contributed by atoms with Crippen LogP contribution in [-0.2, 0) is 4.79 Å². The van der Waals surface area contributed by atoms with Crippen molar-refractivity contribution in [2.24, 2.45) is 0 Å². The van der Waals surface area contributed by atoms with E-state index in [9.17, 15) is 14.9 Å². The lowest BCUT2D eigenvalue weighted by molar-refractivity contribution is -0.383. The number of nitro benzene ring substituents is 1. The lowest BCUT2D eigenvalue weighted by Gasteiger charge is -2.03. The highest BCUT2D eigenvalue weighted by atomic mass is 16.6. The van der Waals surface area contributed by atoms with Crippen LogP contribution in [0, 0.1) is 33.3 Å². The van der Waals surface area contributed by atoms with Crippen molar-refractivity contribution in [1.29, 1.82) is 5.26 Å². The van der Waals surface area contributed by atoms with Gasteiger partial charge in [-0.1, -0.05) is 11.8 Å². The SMILES string of the molecule is CC(=O)Nc1ccc(C#CCC#N)cc1[N+](=O)[O-]. The van der Waals surface area contributed by atoms with Gasteiger partial charge in [0.15, 0.2) is 0 Å². The number of hydrogen-bond donors (Lipinski definition) is 1. The first-order valence-electron chi connectivity index (χ1n) is 4.96. The van der Waals surface area contributed by atoms with Gasteiger partial charge in [0.05, 0.1) is 17.4 Å². The Bertz CT molecular complexity index is 591. The highest BCUT2D eigenvalue weighted by Gasteiger charge is 2.14. The van der Waals surface area contributed by atoms with Crippen LogP contribution in [0.5, 0.6) is 0 Å². The maximum absolute atomic E-state index is 10.9. The number of carbonyl (C=O) groups excluding carboxylic acids is 1. The lowest BCUT2D eigenvalue weighted by atomic mass is 10.1. The van der Waals surface area contributed by atoms with E-state index in [1.54, 1.807) is 6.07 Å². The summed E-state index contributed by atoms with van der Waals surface area (Å²) in [6.45, 7) is 1.27. The normalized spacial score (nSPS) is 8.67. The molecule has 1 rings (SSSR count). The van der Waals surface area contributed by atoms with Crippen molar-refractivity contribution in [3.63, 3.8) is 0 Å². The van der Waals surface area contributed by atoms with E-state index in [0.29, 0.717) is 5.56 Å². The lowest BCUT2D eigenvalue weighted by Crippen LogP contribution is -2.08. The maximum atomic E-state index is 10.9. The van der Waals surface area contributed by atoms with Crippen molar-refractivity contribution in [2.45, 2.75) is 13.3 Å². The monoisotopic (exact) mass is 243 g/mol. The number of nitriles is 1. The molecule has 6 heteroatoms. The van der Waals surface area contributed by atoms with Gasteiger partial charge in [-0.25, -0.2) is 0 Å². The largest absolute Gasteiger partial charge is 0.321 e. The van der Waals surface area contributed by atoms with E-state index in [2.05, 4.69) is 17.2 Å². The van der Waals surface area contributed by atoms with Crippen molar-refractivity contribution < 1.29 is 9.72 Å². The highest BCUT2D eigenvalue weighted by Crippen LogP contribution is 2.25. The quantitative estimate of drug-likeness (QED) is 0.486. The zero-order valence-electron chi connectivity index (χ0n) is 9.56. The number of amides is 1. The molecule has 0 bridgehead atoms. The summed E-state index contributed by atoms with van der Waals surface area (Å²) >= 11 is 0. The van der Waals surface area contributed by atoms with Crippen LogP contribution in [0.3, 0.4) is 0 Å². The molecular formula is C12H9N3O3. The van der Waals surface area contributed by atoms with Crippen LogP contribution in [-0.4, -0.2) is 10.8 Å². The number of benzene rings is 1. The van der Waals surface area contributed by atoms with Crippen molar-refractivity contribution in [3.05, 3.63) is 33.9 Å². The van der Waals surface area contributed by atoms with E-state index in [0.717, 1.165) is 0 Å². The van der Waals surface area contributed by atoms with Crippen LogP contribution in [0.1, 0.15) is 18.9 Å². The standard InChI is InChI=1S/C12H9N3O3/c1-9(16)14-11-6-5-10(4-2-3-7-13)8-12(11)15(17)18/h5-6,8H,3H2,1H3,(H,14,16). The summed E-state index contributed by atoms with van der Waals surface area (Å²) in [7, 11) is 0. The summed E-state index contributed by atoms with van der Waals surface area (Å²) in [5.41, 5.74) is 0.318. The minimum Gasteiger partial charge on any atom is -0.321 e. The molecule has 1 aromatic carbocycles. The van der Waals surface area contributed by atoms with E-state index in [4.69, 9.17) is 5.26 Å². The molecule has 0 saturated carbocycles. The van der Waals surface area contributed by atoms with Gasteiger partial charge in [-0.3, -0.25) is 14.9 Å². The van der Waals surface area contributed by atoms with E-state index >= 15 is 0 Å². The van der Waals surface area contributed by atoms with Gasteiger partial charge in [-0.05, 0) is 12.1 Å². The predicted molar refractivity (Wildman–Crippen MR) is 64.5 cm³/mol. The molecule has 0 spiro atoms. The minimum absolute atomic E-state index is 0.0568. The predicted octanol–water partition coefficient (Wildman–Crippen LogP) is 1.82. The van der Waals surface area contributed by atoms with Gasteiger partial charge < -0.3 is 5.32 Å². The molecule has 1 amide bonds. The Balaban J connectivity index is 3.13. The zero-order valence-corrected chi connectivity index (χ0v) is 9.56.